The zero-order valence-electron chi connectivity index (χ0n) is 14.2. The minimum atomic E-state index is -0.867. The molecule has 5 nitrogen and oxygen atoms in total. The SMILES string of the molecule is O=C(N[C@@H]1CN(Cc2ccc(F)c(F)c2)CC[C@@H]1CO)c1cccnc1. The molecule has 2 N–H and O–H groups in total. The van der Waals surface area contributed by atoms with E-state index in [1.54, 1.807) is 24.4 Å². The molecule has 1 aliphatic rings. The molecule has 1 amide bonds. The second-order valence-electron chi connectivity index (χ2n) is 6.54. The molecule has 1 fully saturated rings. The third-order valence-electron chi connectivity index (χ3n) is 4.70. The first-order chi connectivity index (χ1) is 12.6. The van der Waals surface area contributed by atoms with Gasteiger partial charge in [-0.15, -0.1) is 0 Å². The number of aliphatic hydroxyl groups excluding tert-OH is 1. The Morgan fingerprint density at radius 1 is 1.31 bits per heavy atom. The number of carbonyl (C=O) groups excluding carboxylic acids is 1. The van der Waals surface area contributed by atoms with Crippen LogP contribution in [0.25, 0.3) is 0 Å². The fourth-order valence-corrected chi connectivity index (χ4v) is 3.24. The lowest BCUT2D eigenvalue weighted by Crippen LogP contribution is -2.53. The lowest BCUT2D eigenvalue weighted by molar-refractivity contribution is 0.0730. The van der Waals surface area contributed by atoms with Gasteiger partial charge in [0.15, 0.2) is 11.6 Å². The summed E-state index contributed by atoms with van der Waals surface area (Å²) in [4.78, 5) is 18.4. The predicted octanol–water partition coefficient (Wildman–Crippen LogP) is 1.97. The van der Waals surface area contributed by atoms with E-state index in [0.29, 0.717) is 37.2 Å². The van der Waals surface area contributed by atoms with Gasteiger partial charge in [-0.25, -0.2) is 8.78 Å². The smallest absolute Gasteiger partial charge is 0.253 e. The highest BCUT2D eigenvalue weighted by atomic mass is 19.2. The van der Waals surface area contributed by atoms with Crippen LogP contribution in [0, 0.1) is 17.6 Å². The summed E-state index contributed by atoms with van der Waals surface area (Å²) >= 11 is 0. The van der Waals surface area contributed by atoms with Gasteiger partial charge in [0.1, 0.15) is 0 Å². The van der Waals surface area contributed by atoms with Crippen molar-refractivity contribution >= 4 is 5.91 Å². The summed E-state index contributed by atoms with van der Waals surface area (Å²) in [7, 11) is 0. The van der Waals surface area contributed by atoms with Crippen molar-refractivity contribution in [3.8, 4) is 0 Å². The summed E-state index contributed by atoms with van der Waals surface area (Å²) in [6, 6.07) is 7.00. The van der Waals surface area contributed by atoms with E-state index >= 15 is 0 Å². The number of likely N-dealkylation sites (tertiary alicyclic amines) is 1. The zero-order chi connectivity index (χ0) is 18.5. The Balaban J connectivity index is 1.66. The number of halogens is 2. The van der Waals surface area contributed by atoms with Crippen LogP contribution in [0.3, 0.4) is 0 Å². The highest BCUT2D eigenvalue weighted by molar-refractivity contribution is 5.94. The zero-order valence-corrected chi connectivity index (χ0v) is 14.2. The van der Waals surface area contributed by atoms with Crippen LogP contribution in [-0.4, -0.2) is 46.6 Å². The van der Waals surface area contributed by atoms with Gasteiger partial charge in [0, 0.05) is 44.0 Å². The number of nitrogens with zero attached hydrogens (tertiary/aromatic N) is 2. The van der Waals surface area contributed by atoms with Crippen LogP contribution in [0.4, 0.5) is 8.78 Å². The first-order valence-corrected chi connectivity index (χ1v) is 8.55. The summed E-state index contributed by atoms with van der Waals surface area (Å²) in [5, 5.41) is 12.6. The first-order valence-electron chi connectivity index (χ1n) is 8.55. The van der Waals surface area contributed by atoms with Crippen LogP contribution < -0.4 is 5.32 Å². The normalized spacial score (nSPS) is 20.7. The number of piperidine rings is 1. The number of amides is 1. The topological polar surface area (TPSA) is 65.5 Å². The lowest BCUT2D eigenvalue weighted by Gasteiger charge is -2.38. The number of benzene rings is 1. The van der Waals surface area contributed by atoms with Gasteiger partial charge in [-0.2, -0.15) is 0 Å². The number of hydrogen-bond donors (Lipinski definition) is 2. The van der Waals surface area contributed by atoms with Gasteiger partial charge in [0.2, 0.25) is 0 Å². The molecule has 0 bridgehead atoms. The van der Waals surface area contributed by atoms with Crippen molar-refractivity contribution in [1.82, 2.24) is 15.2 Å². The van der Waals surface area contributed by atoms with E-state index in [4.69, 9.17) is 0 Å². The van der Waals surface area contributed by atoms with Crippen molar-refractivity contribution in [3.63, 3.8) is 0 Å². The molecule has 2 atom stereocenters. The van der Waals surface area contributed by atoms with Crippen LogP contribution in [0.2, 0.25) is 0 Å². The third kappa shape index (κ3) is 4.42. The summed E-state index contributed by atoms with van der Waals surface area (Å²) in [6.07, 6.45) is 3.79. The predicted molar refractivity (Wildman–Crippen MR) is 92.3 cm³/mol. The molecule has 3 rings (SSSR count). The Bertz CT molecular complexity index is 758. The molecule has 0 saturated carbocycles. The molecule has 0 radical (unpaired) electrons. The second kappa shape index (κ2) is 8.33. The number of aliphatic hydroxyl groups is 1. The van der Waals surface area contributed by atoms with Gasteiger partial charge in [-0.3, -0.25) is 14.7 Å². The largest absolute Gasteiger partial charge is 0.396 e. The van der Waals surface area contributed by atoms with Crippen molar-refractivity contribution in [2.45, 2.75) is 19.0 Å². The minimum Gasteiger partial charge on any atom is -0.396 e. The van der Waals surface area contributed by atoms with E-state index in [0.717, 1.165) is 6.07 Å². The molecule has 1 aromatic heterocycles. The fraction of sp³-hybridized carbons (Fsp3) is 0.368. The van der Waals surface area contributed by atoms with E-state index in [-0.39, 0.29) is 24.5 Å². The van der Waals surface area contributed by atoms with Gasteiger partial charge >= 0.3 is 0 Å². The average Bonchev–Trinajstić information content (AvgIpc) is 2.66. The van der Waals surface area contributed by atoms with Gasteiger partial charge in [-0.1, -0.05) is 6.07 Å². The maximum absolute atomic E-state index is 13.4. The van der Waals surface area contributed by atoms with Gasteiger partial charge in [-0.05, 0) is 42.8 Å². The van der Waals surface area contributed by atoms with Crippen LogP contribution >= 0.6 is 0 Å². The van der Waals surface area contributed by atoms with Gasteiger partial charge < -0.3 is 10.4 Å². The maximum atomic E-state index is 13.4. The second-order valence-corrected chi connectivity index (χ2v) is 6.54. The number of nitrogens with one attached hydrogen (secondary N) is 1. The number of hydrogen-bond acceptors (Lipinski definition) is 4. The van der Waals surface area contributed by atoms with Crippen molar-refractivity contribution in [2.75, 3.05) is 19.7 Å². The summed E-state index contributed by atoms with van der Waals surface area (Å²) in [5.74, 6) is -2.02. The molecule has 0 aliphatic carbocycles. The number of aromatic nitrogens is 1. The van der Waals surface area contributed by atoms with Crippen molar-refractivity contribution in [1.29, 1.82) is 0 Å². The van der Waals surface area contributed by atoms with Crippen LogP contribution in [-0.2, 0) is 6.54 Å². The van der Waals surface area contributed by atoms with Gasteiger partial charge in [0.05, 0.1) is 5.56 Å². The molecule has 2 heterocycles. The highest BCUT2D eigenvalue weighted by Gasteiger charge is 2.30. The molecular weight excluding hydrogens is 340 g/mol. The molecule has 2 aromatic rings. The summed E-state index contributed by atoms with van der Waals surface area (Å²) < 4.78 is 26.5. The van der Waals surface area contributed by atoms with Gasteiger partial charge in [0.25, 0.3) is 5.91 Å². The van der Waals surface area contributed by atoms with E-state index in [9.17, 15) is 18.7 Å². The van der Waals surface area contributed by atoms with Crippen LogP contribution in [0.1, 0.15) is 22.3 Å². The molecule has 0 unspecified atom stereocenters. The number of carbonyl (C=O) groups is 1. The van der Waals surface area contributed by atoms with E-state index in [1.807, 2.05) is 0 Å². The molecule has 7 heteroatoms. The lowest BCUT2D eigenvalue weighted by atomic mass is 9.91. The molecule has 1 aliphatic heterocycles. The monoisotopic (exact) mass is 361 g/mol. The van der Waals surface area contributed by atoms with Crippen LogP contribution in [0.5, 0.6) is 0 Å². The Hall–Kier alpha value is -2.38. The van der Waals surface area contributed by atoms with E-state index in [1.165, 1.54) is 12.3 Å². The first kappa shape index (κ1) is 18.4. The molecule has 26 heavy (non-hydrogen) atoms. The van der Waals surface area contributed by atoms with Crippen molar-refractivity contribution in [2.24, 2.45) is 5.92 Å². The molecule has 1 aromatic carbocycles. The molecule has 0 spiro atoms. The standard InChI is InChI=1S/C19H21F2N3O2/c20-16-4-3-13(8-17(16)21)10-24-7-5-15(12-25)18(11-24)23-19(26)14-2-1-6-22-9-14/h1-4,6,8-9,15,18,25H,5,7,10-12H2,(H,23,26)/t15-,18-/m1/s1. The number of rotatable bonds is 5. The molecule has 138 valence electrons. The Morgan fingerprint density at radius 3 is 2.85 bits per heavy atom. The number of pyridine rings is 1. The summed E-state index contributed by atoms with van der Waals surface area (Å²) in [6.45, 7) is 1.67. The Labute approximate surface area is 150 Å². The van der Waals surface area contributed by atoms with E-state index in [2.05, 4.69) is 15.2 Å². The molecule has 1 saturated heterocycles. The Kier molecular flexibility index (Phi) is 5.90. The van der Waals surface area contributed by atoms with Crippen molar-refractivity contribution < 1.29 is 18.7 Å². The Morgan fingerprint density at radius 2 is 2.15 bits per heavy atom. The van der Waals surface area contributed by atoms with E-state index < -0.39 is 11.6 Å². The summed E-state index contributed by atoms with van der Waals surface area (Å²) in [5.41, 5.74) is 1.13. The third-order valence-corrected chi connectivity index (χ3v) is 4.70. The highest BCUT2D eigenvalue weighted by Crippen LogP contribution is 2.20. The quantitative estimate of drug-likeness (QED) is 0.855. The van der Waals surface area contributed by atoms with Crippen molar-refractivity contribution in [3.05, 3.63) is 65.5 Å². The minimum absolute atomic E-state index is 0.0169. The molecular formula is C19H21F2N3O2. The fourth-order valence-electron chi connectivity index (χ4n) is 3.24. The average molecular weight is 361 g/mol. The maximum Gasteiger partial charge on any atom is 0.253 e. The van der Waals surface area contributed by atoms with Crippen LogP contribution in [0.15, 0.2) is 42.7 Å².